The van der Waals surface area contributed by atoms with Gasteiger partial charge >= 0.3 is 0 Å². The van der Waals surface area contributed by atoms with E-state index in [1.165, 1.54) is 0 Å². The highest BCUT2D eigenvalue weighted by Crippen LogP contribution is 1.87. The fraction of sp³-hybridized carbons (Fsp3) is 0. The molecule has 0 unspecified atom stereocenters. The van der Waals surface area contributed by atoms with Gasteiger partial charge in [-0.3, -0.25) is 4.79 Å². The van der Waals surface area contributed by atoms with Crippen molar-refractivity contribution in [3.05, 3.63) is 22.7 Å². The first-order valence-electron chi connectivity index (χ1n) is 1.72. The van der Waals surface area contributed by atoms with E-state index in [2.05, 4.69) is 22.3 Å². The number of primary amides is 1. The second-order valence-electron chi connectivity index (χ2n) is 1.00. The van der Waals surface area contributed by atoms with Crippen molar-refractivity contribution in [3.8, 4) is 0 Å². The second-order valence-corrected chi connectivity index (χ2v) is 1.00. The molecule has 0 fully saturated rings. The summed E-state index contributed by atoms with van der Waals surface area (Å²) in [7, 11) is 0. The summed E-state index contributed by atoms with van der Waals surface area (Å²) in [4.78, 5) is 12.2. The SMILES string of the molecule is C=C(N=[N+]=[N-])C(N)=O. The molecule has 0 heterocycles. The van der Waals surface area contributed by atoms with Crippen LogP contribution in [0.15, 0.2) is 17.4 Å². The summed E-state index contributed by atoms with van der Waals surface area (Å²) in [6.45, 7) is 3.05. The fourth-order valence-corrected chi connectivity index (χ4v) is 0.103. The number of azide groups is 1. The standard InChI is InChI=1S/C3H4N4O/c1-2(3(4)8)6-7-5/h1H2,(H2,4,8). The number of carbonyl (C=O) groups is 1. The van der Waals surface area contributed by atoms with Crippen LogP contribution in [0.5, 0.6) is 0 Å². The molecule has 0 aromatic carbocycles. The quantitative estimate of drug-likeness (QED) is 0.236. The normalized spacial score (nSPS) is 7.00. The van der Waals surface area contributed by atoms with Gasteiger partial charge in [0.2, 0.25) is 5.91 Å². The number of hydrogen-bond acceptors (Lipinski definition) is 2. The molecule has 0 saturated heterocycles. The molecule has 0 saturated carbocycles. The van der Waals surface area contributed by atoms with Gasteiger partial charge in [0.25, 0.3) is 0 Å². The predicted molar refractivity (Wildman–Crippen MR) is 27.5 cm³/mol. The zero-order valence-corrected chi connectivity index (χ0v) is 4.03. The van der Waals surface area contributed by atoms with Crippen molar-refractivity contribution in [2.24, 2.45) is 10.8 Å². The van der Waals surface area contributed by atoms with E-state index in [4.69, 9.17) is 5.53 Å². The van der Waals surface area contributed by atoms with Crippen molar-refractivity contribution in [2.45, 2.75) is 0 Å². The first kappa shape index (κ1) is 6.52. The second kappa shape index (κ2) is 2.65. The van der Waals surface area contributed by atoms with Gasteiger partial charge in [-0.1, -0.05) is 11.7 Å². The van der Waals surface area contributed by atoms with Crippen molar-refractivity contribution in [1.29, 1.82) is 0 Å². The zero-order chi connectivity index (χ0) is 6.57. The summed E-state index contributed by atoms with van der Waals surface area (Å²) >= 11 is 0. The molecule has 0 atom stereocenters. The van der Waals surface area contributed by atoms with E-state index in [9.17, 15) is 4.79 Å². The maximum atomic E-state index is 9.95. The lowest BCUT2D eigenvalue weighted by molar-refractivity contribution is -0.114. The van der Waals surface area contributed by atoms with Crippen molar-refractivity contribution in [3.63, 3.8) is 0 Å². The van der Waals surface area contributed by atoms with Crippen LogP contribution < -0.4 is 5.73 Å². The molecule has 0 aromatic rings. The smallest absolute Gasteiger partial charge is 0.250 e. The van der Waals surface area contributed by atoms with Gasteiger partial charge < -0.3 is 5.73 Å². The first-order chi connectivity index (χ1) is 3.68. The first-order valence-corrected chi connectivity index (χ1v) is 1.72. The van der Waals surface area contributed by atoms with Crippen LogP contribution >= 0.6 is 0 Å². The van der Waals surface area contributed by atoms with Crippen molar-refractivity contribution < 1.29 is 4.79 Å². The van der Waals surface area contributed by atoms with Crippen LogP contribution in [-0.2, 0) is 4.79 Å². The summed E-state index contributed by atoms with van der Waals surface area (Å²) in [5, 5.41) is 2.84. The molecule has 5 nitrogen and oxygen atoms in total. The third-order valence-electron chi connectivity index (χ3n) is 0.450. The van der Waals surface area contributed by atoms with E-state index < -0.39 is 5.91 Å². The highest BCUT2D eigenvalue weighted by Gasteiger charge is 1.93. The van der Waals surface area contributed by atoms with Crippen molar-refractivity contribution in [2.75, 3.05) is 0 Å². The van der Waals surface area contributed by atoms with E-state index in [1.54, 1.807) is 0 Å². The molecular formula is C3H4N4O. The summed E-state index contributed by atoms with van der Waals surface area (Å²) < 4.78 is 0. The third kappa shape index (κ3) is 1.84. The summed E-state index contributed by atoms with van der Waals surface area (Å²) in [6.07, 6.45) is 0. The Morgan fingerprint density at radius 1 is 1.88 bits per heavy atom. The van der Waals surface area contributed by atoms with Crippen molar-refractivity contribution in [1.82, 2.24) is 0 Å². The number of carbonyl (C=O) groups excluding carboxylic acids is 1. The molecule has 0 aromatic heterocycles. The number of hydrogen-bond donors (Lipinski definition) is 1. The molecule has 42 valence electrons. The predicted octanol–water partition coefficient (Wildman–Crippen LogP) is 0.296. The lowest BCUT2D eigenvalue weighted by atomic mass is 10.5. The Hall–Kier alpha value is -1.48. The average Bonchev–Trinajstić information content (AvgIpc) is 1.67. The number of rotatable bonds is 2. The van der Waals surface area contributed by atoms with Gasteiger partial charge in [-0.15, -0.1) is 0 Å². The van der Waals surface area contributed by atoms with Crippen LogP contribution in [0.4, 0.5) is 0 Å². The largest absolute Gasteiger partial charge is 0.366 e. The van der Waals surface area contributed by atoms with Crippen LogP contribution in [0, 0.1) is 0 Å². The van der Waals surface area contributed by atoms with Gasteiger partial charge in [-0.25, -0.2) is 0 Å². The number of nitrogens with zero attached hydrogens (tertiary/aromatic N) is 3. The molecule has 0 aliphatic rings. The molecule has 1 amide bonds. The van der Waals surface area contributed by atoms with E-state index in [0.717, 1.165) is 0 Å². The Balaban J connectivity index is 4.05. The van der Waals surface area contributed by atoms with Crippen LogP contribution in [0.1, 0.15) is 0 Å². The Morgan fingerprint density at radius 3 is 2.50 bits per heavy atom. The van der Waals surface area contributed by atoms with Gasteiger partial charge in [-0.2, -0.15) is 0 Å². The minimum absolute atomic E-state index is 0.271. The molecule has 0 radical (unpaired) electrons. The summed E-state index contributed by atoms with van der Waals surface area (Å²) in [5.41, 5.74) is 12.0. The minimum Gasteiger partial charge on any atom is -0.366 e. The van der Waals surface area contributed by atoms with Gasteiger partial charge in [0.15, 0.2) is 0 Å². The monoisotopic (exact) mass is 112 g/mol. The van der Waals surface area contributed by atoms with E-state index in [-0.39, 0.29) is 5.70 Å². The maximum Gasteiger partial charge on any atom is 0.250 e. The van der Waals surface area contributed by atoms with Crippen LogP contribution in [0.3, 0.4) is 0 Å². The Bertz CT molecular complexity index is 162. The number of amides is 1. The summed E-state index contributed by atoms with van der Waals surface area (Å²) in [5.74, 6) is -0.803. The van der Waals surface area contributed by atoms with Gasteiger partial charge in [0, 0.05) is 4.91 Å². The lowest BCUT2D eigenvalue weighted by Gasteiger charge is -1.82. The van der Waals surface area contributed by atoms with Crippen LogP contribution in [0.25, 0.3) is 10.4 Å². The Labute approximate surface area is 45.4 Å². The maximum absolute atomic E-state index is 9.95. The zero-order valence-electron chi connectivity index (χ0n) is 4.03. The molecule has 0 bridgehead atoms. The molecule has 0 aliphatic carbocycles. The van der Waals surface area contributed by atoms with Gasteiger partial charge in [-0.05, 0) is 5.53 Å². The Kier molecular flexibility index (Phi) is 2.16. The molecule has 5 heteroatoms. The van der Waals surface area contributed by atoms with Crippen molar-refractivity contribution >= 4 is 5.91 Å². The van der Waals surface area contributed by atoms with Crippen LogP contribution in [-0.4, -0.2) is 5.91 Å². The molecular weight excluding hydrogens is 108 g/mol. The highest BCUT2D eigenvalue weighted by molar-refractivity contribution is 5.90. The summed E-state index contributed by atoms with van der Waals surface area (Å²) in [6, 6.07) is 0. The highest BCUT2D eigenvalue weighted by atomic mass is 16.1. The lowest BCUT2D eigenvalue weighted by Crippen LogP contribution is -2.10. The topological polar surface area (TPSA) is 91.8 Å². The number of nitrogens with two attached hydrogens (primary N) is 1. The van der Waals surface area contributed by atoms with Gasteiger partial charge in [0.05, 0.1) is 5.70 Å². The van der Waals surface area contributed by atoms with E-state index >= 15 is 0 Å². The van der Waals surface area contributed by atoms with Crippen LogP contribution in [0.2, 0.25) is 0 Å². The molecule has 0 rings (SSSR count). The molecule has 2 N–H and O–H groups in total. The average molecular weight is 112 g/mol. The fourth-order valence-electron chi connectivity index (χ4n) is 0.103. The Morgan fingerprint density at radius 2 is 2.38 bits per heavy atom. The van der Waals surface area contributed by atoms with Gasteiger partial charge in [0.1, 0.15) is 0 Å². The third-order valence-corrected chi connectivity index (χ3v) is 0.450. The molecule has 8 heavy (non-hydrogen) atoms. The molecule has 0 spiro atoms. The molecule has 0 aliphatic heterocycles. The van der Waals surface area contributed by atoms with E-state index in [1.807, 2.05) is 0 Å². The minimum atomic E-state index is -0.803. The van der Waals surface area contributed by atoms with E-state index in [0.29, 0.717) is 0 Å².